The Kier molecular flexibility index (Phi) is 5.49. The molecule has 2 nitrogen and oxygen atoms in total. The second-order valence-electron chi connectivity index (χ2n) is 4.52. The van der Waals surface area contributed by atoms with E-state index in [4.69, 9.17) is 0 Å². The summed E-state index contributed by atoms with van der Waals surface area (Å²) in [5, 5.41) is 0. The quantitative estimate of drug-likeness (QED) is 0.668. The van der Waals surface area contributed by atoms with E-state index in [1.807, 2.05) is 0 Å². The van der Waals surface area contributed by atoms with Gasteiger partial charge in [-0.3, -0.25) is 0 Å². The van der Waals surface area contributed by atoms with Crippen LogP contribution >= 0.6 is 0 Å². The summed E-state index contributed by atoms with van der Waals surface area (Å²) in [4.78, 5) is 5.13. The lowest BCUT2D eigenvalue weighted by atomic mass is 10.0. The van der Waals surface area contributed by atoms with Gasteiger partial charge in [0.25, 0.3) is 0 Å². The lowest BCUT2D eigenvalue weighted by molar-refractivity contribution is 0.124. The Labute approximate surface area is 89.3 Å². The van der Waals surface area contributed by atoms with Crippen molar-refractivity contribution in [2.75, 3.05) is 33.2 Å². The van der Waals surface area contributed by atoms with E-state index in [1.54, 1.807) is 0 Å². The Morgan fingerprint density at radius 1 is 1.21 bits per heavy atom. The third kappa shape index (κ3) is 3.58. The maximum atomic E-state index is 2.68. The van der Waals surface area contributed by atoms with Crippen molar-refractivity contribution >= 4 is 0 Å². The second-order valence-corrected chi connectivity index (χ2v) is 4.52. The Morgan fingerprint density at radius 3 is 2.36 bits per heavy atom. The van der Waals surface area contributed by atoms with Crippen molar-refractivity contribution in [1.29, 1.82) is 0 Å². The predicted octanol–water partition coefficient (Wildman–Crippen LogP) is 2.20. The van der Waals surface area contributed by atoms with Gasteiger partial charge >= 0.3 is 0 Å². The summed E-state index contributed by atoms with van der Waals surface area (Å²) < 4.78 is 0. The molecule has 1 aliphatic rings. The molecule has 1 fully saturated rings. The van der Waals surface area contributed by atoms with Crippen LogP contribution < -0.4 is 0 Å². The Morgan fingerprint density at radius 2 is 1.86 bits per heavy atom. The zero-order valence-electron chi connectivity index (χ0n) is 10.1. The Bertz CT molecular complexity index is 137. The number of rotatable bonds is 5. The molecule has 1 heterocycles. The van der Waals surface area contributed by atoms with Crippen molar-refractivity contribution in [3.8, 4) is 0 Å². The van der Waals surface area contributed by atoms with Gasteiger partial charge in [0, 0.05) is 6.04 Å². The first kappa shape index (κ1) is 12.0. The Hall–Kier alpha value is -0.0800. The van der Waals surface area contributed by atoms with E-state index in [0.717, 1.165) is 6.04 Å². The van der Waals surface area contributed by atoms with Gasteiger partial charge in [0.15, 0.2) is 0 Å². The molecule has 0 spiro atoms. The molecular weight excluding hydrogens is 172 g/mol. The molecule has 0 N–H and O–H groups in total. The predicted molar refractivity (Wildman–Crippen MR) is 62.7 cm³/mol. The summed E-state index contributed by atoms with van der Waals surface area (Å²) in [6, 6.07) is 0.864. The second kappa shape index (κ2) is 6.41. The van der Waals surface area contributed by atoms with Crippen LogP contribution in [0.1, 0.15) is 39.5 Å². The minimum absolute atomic E-state index is 0.864. The van der Waals surface area contributed by atoms with E-state index in [9.17, 15) is 0 Å². The van der Waals surface area contributed by atoms with Crippen molar-refractivity contribution in [3.05, 3.63) is 0 Å². The zero-order valence-corrected chi connectivity index (χ0v) is 10.1. The van der Waals surface area contributed by atoms with Gasteiger partial charge in [-0.1, -0.05) is 20.3 Å². The molecule has 0 aliphatic carbocycles. The first-order chi connectivity index (χ1) is 6.77. The lowest BCUT2D eigenvalue weighted by Crippen LogP contribution is -2.43. The van der Waals surface area contributed by atoms with Gasteiger partial charge in [0.05, 0.1) is 0 Å². The maximum absolute atomic E-state index is 2.68. The van der Waals surface area contributed by atoms with E-state index in [0.29, 0.717) is 0 Å². The number of likely N-dealkylation sites (tertiary alicyclic amines) is 1. The highest BCUT2D eigenvalue weighted by molar-refractivity contribution is 4.77. The fourth-order valence-corrected chi connectivity index (χ4v) is 2.32. The topological polar surface area (TPSA) is 6.48 Å². The van der Waals surface area contributed by atoms with Crippen LogP contribution in [0.2, 0.25) is 0 Å². The number of hydrogen-bond donors (Lipinski definition) is 0. The van der Waals surface area contributed by atoms with E-state index >= 15 is 0 Å². The normalized spacial score (nSPS) is 20.6. The third-order valence-corrected chi connectivity index (χ3v) is 3.41. The molecule has 84 valence electrons. The summed E-state index contributed by atoms with van der Waals surface area (Å²) in [5.74, 6) is 0. The summed E-state index contributed by atoms with van der Waals surface area (Å²) in [7, 11) is 2.23. The van der Waals surface area contributed by atoms with Gasteiger partial charge in [-0.25, -0.2) is 0 Å². The standard InChI is InChI=1S/C12H26N2/c1-4-6-9-14(5-2)12-7-10-13(3)11-8-12/h12H,4-11H2,1-3H3. The van der Waals surface area contributed by atoms with Gasteiger partial charge in [0.1, 0.15) is 0 Å². The third-order valence-electron chi connectivity index (χ3n) is 3.41. The molecule has 1 aliphatic heterocycles. The molecule has 1 saturated heterocycles. The molecule has 14 heavy (non-hydrogen) atoms. The minimum atomic E-state index is 0.864. The van der Waals surface area contributed by atoms with E-state index in [-0.39, 0.29) is 0 Å². The van der Waals surface area contributed by atoms with Crippen LogP contribution in [0.5, 0.6) is 0 Å². The van der Waals surface area contributed by atoms with E-state index in [2.05, 4.69) is 30.7 Å². The summed E-state index contributed by atoms with van der Waals surface area (Å²) in [6.07, 6.45) is 5.42. The van der Waals surface area contributed by atoms with Crippen LogP contribution in [0.3, 0.4) is 0 Å². The number of piperidine rings is 1. The lowest BCUT2D eigenvalue weighted by Gasteiger charge is -2.36. The number of hydrogen-bond acceptors (Lipinski definition) is 2. The fraction of sp³-hybridized carbons (Fsp3) is 1.00. The van der Waals surface area contributed by atoms with Crippen LogP contribution in [0.15, 0.2) is 0 Å². The SMILES string of the molecule is CCCCN(CC)C1CCN(C)CC1. The zero-order chi connectivity index (χ0) is 10.4. The summed E-state index contributed by atoms with van der Waals surface area (Å²) >= 11 is 0. The van der Waals surface area contributed by atoms with Gasteiger partial charge < -0.3 is 9.80 Å². The van der Waals surface area contributed by atoms with Crippen molar-refractivity contribution in [1.82, 2.24) is 9.80 Å². The number of nitrogens with zero attached hydrogens (tertiary/aromatic N) is 2. The van der Waals surface area contributed by atoms with Crippen molar-refractivity contribution in [2.24, 2.45) is 0 Å². The van der Waals surface area contributed by atoms with Crippen molar-refractivity contribution in [2.45, 2.75) is 45.6 Å². The highest BCUT2D eigenvalue weighted by Gasteiger charge is 2.21. The largest absolute Gasteiger partial charge is 0.306 e. The molecular formula is C12H26N2. The fourth-order valence-electron chi connectivity index (χ4n) is 2.32. The molecule has 0 aromatic carbocycles. The monoisotopic (exact) mass is 198 g/mol. The first-order valence-electron chi connectivity index (χ1n) is 6.20. The number of unbranched alkanes of at least 4 members (excludes halogenated alkanes) is 1. The minimum Gasteiger partial charge on any atom is -0.306 e. The van der Waals surface area contributed by atoms with Crippen molar-refractivity contribution in [3.63, 3.8) is 0 Å². The molecule has 0 aromatic heterocycles. The molecule has 0 aromatic rings. The highest BCUT2D eigenvalue weighted by atomic mass is 15.2. The Balaban J connectivity index is 2.29. The van der Waals surface area contributed by atoms with E-state index in [1.165, 1.54) is 51.9 Å². The average molecular weight is 198 g/mol. The molecule has 1 rings (SSSR count). The van der Waals surface area contributed by atoms with E-state index < -0.39 is 0 Å². The molecule has 0 saturated carbocycles. The van der Waals surface area contributed by atoms with Gasteiger partial charge in [-0.2, -0.15) is 0 Å². The van der Waals surface area contributed by atoms with Gasteiger partial charge in [-0.05, 0) is 52.5 Å². The highest BCUT2D eigenvalue weighted by Crippen LogP contribution is 2.15. The summed E-state index contributed by atoms with van der Waals surface area (Å²) in [5.41, 5.74) is 0. The van der Waals surface area contributed by atoms with Crippen LogP contribution in [-0.2, 0) is 0 Å². The first-order valence-corrected chi connectivity index (χ1v) is 6.20. The van der Waals surface area contributed by atoms with Gasteiger partial charge in [0.2, 0.25) is 0 Å². The molecule has 0 bridgehead atoms. The molecule has 0 amide bonds. The molecule has 2 heteroatoms. The van der Waals surface area contributed by atoms with Crippen LogP contribution in [0.4, 0.5) is 0 Å². The molecule has 0 unspecified atom stereocenters. The molecule has 0 radical (unpaired) electrons. The molecule has 0 atom stereocenters. The maximum Gasteiger partial charge on any atom is 0.0119 e. The van der Waals surface area contributed by atoms with Crippen molar-refractivity contribution < 1.29 is 0 Å². The summed E-state index contributed by atoms with van der Waals surface area (Å²) in [6.45, 7) is 9.69. The van der Waals surface area contributed by atoms with Crippen LogP contribution in [0, 0.1) is 0 Å². The van der Waals surface area contributed by atoms with Gasteiger partial charge in [-0.15, -0.1) is 0 Å². The smallest absolute Gasteiger partial charge is 0.0119 e. The average Bonchev–Trinajstić information content (AvgIpc) is 2.21. The van der Waals surface area contributed by atoms with Crippen LogP contribution in [0.25, 0.3) is 0 Å². The van der Waals surface area contributed by atoms with Crippen LogP contribution in [-0.4, -0.2) is 49.1 Å².